The Kier molecular flexibility index (Phi) is 4.16. The number of rotatable bonds is 3. The van der Waals surface area contributed by atoms with E-state index in [9.17, 15) is 0 Å². The van der Waals surface area contributed by atoms with Crippen LogP contribution in [0.4, 0.5) is 0 Å². The van der Waals surface area contributed by atoms with Gasteiger partial charge < -0.3 is 5.32 Å². The second-order valence-electron chi connectivity index (χ2n) is 5.22. The summed E-state index contributed by atoms with van der Waals surface area (Å²) >= 11 is 11.6. The van der Waals surface area contributed by atoms with Crippen molar-refractivity contribution in [1.29, 1.82) is 0 Å². The highest BCUT2D eigenvalue weighted by Gasteiger charge is 2.27. The molecule has 106 valence electrons. The first-order chi connectivity index (χ1) is 9.37. The van der Waals surface area contributed by atoms with Crippen LogP contribution in [0.15, 0.2) is 30.5 Å². The summed E-state index contributed by atoms with van der Waals surface area (Å²) in [6.07, 6.45) is 2.00. The standard InChI is InChI=1S/C15H18ClN3S/c1-10-9-19(15(2,3)14(20)17-4)18-13(10)11-7-5-6-8-12(11)16/h5-9H,1-4H3,(H,17,20). The monoisotopic (exact) mass is 307 g/mol. The number of hydrogen-bond donors (Lipinski definition) is 1. The molecule has 3 nitrogen and oxygen atoms in total. The van der Waals surface area contributed by atoms with Crippen molar-refractivity contribution in [1.82, 2.24) is 15.1 Å². The molecule has 0 amide bonds. The smallest absolute Gasteiger partial charge is 0.107 e. The molecule has 0 spiro atoms. The summed E-state index contributed by atoms with van der Waals surface area (Å²) in [6, 6.07) is 7.73. The zero-order valence-electron chi connectivity index (χ0n) is 12.1. The van der Waals surface area contributed by atoms with Gasteiger partial charge in [-0.2, -0.15) is 5.10 Å². The fourth-order valence-corrected chi connectivity index (χ4v) is 2.39. The molecule has 0 bridgehead atoms. The van der Waals surface area contributed by atoms with Crippen LogP contribution >= 0.6 is 23.8 Å². The van der Waals surface area contributed by atoms with Crippen molar-refractivity contribution in [2.75, 3.05) is 7.05 Å². The topological polar surface area (TPSA) is 29.9 Å². The van der Waals surface area contributed by atoms with Crippen LogP contribution in [0.3, 0.4) is 0 Å². The number of thiocarbonyl (C=S) groups is 1. The molecule has 20 heavy (non-hydrogen) atoms. The van der Waals surface area contributed by atoms with E-state index in [2.05, 4.69) is 10.4 Å². The average molecular weight is 308 g/mol. The maximum Gasteiger partial charge on any atom is 0.107 e. The van der Waals surface area contributed by atoms with Gasteiger partial charge in [-0.3, -0.25) is 4.68 Å². The average Bonchev–Trinajstić information content (AvgIpc) is 2.81. The molecule has 0 fully saturated rings. The molecule has 5 heteroatoms. The van der Waals surface area contributed by atoms with Gasteiger partial charge in [0.05, 0.1) is 10.7 Å². The first-order valence-corrected chi connectivity index (χ1v) is 7.20. The van der Waals surface area contributed by atoms with Gasteiger partial charge in [0.1, 0.15) is 10.5 Å². The number of aromatic nitrogens is 2. The number of nitrogens with one attached hydrogen (secondary N) is 1. The lowest BCUT2D eigenvalue weighted by Gasteiger charge is -2.26. The summed E-state index contributed by atoms with van der Waals surface area (Å²) < 4.78 is 1.89. The van der Waals surface area contributed by atoms with E-state index in [0.29, 0.717) is 5.02 Å². The zero-order chi connectivity index (χ0) is 14.9. The SMILES string of the molecule is CNC(=S)C(C)(C)n1cc(C)c(-c2ccccc2Cl)n1. The second-order valence-corrected chi connectivity index (χ2v) is 6.04. The van der Waals surface area contributed by atoms with Crippen LogP contribution < -0.4 is 5.32 Å². The number of likely N-dealkylation sites (N-methyl/N-ethyl adjacent to an activating group) is 1. The van der Waals surface area contributed by atoms with Crippen molar-refractivity contribution in [3.63, 3.8) is 0 Å². The molecule has 1 N–H and O–H groups in total. The maximum atomic E-state index is 6.26. The van der Waals surface area contributed by atoms with E-state index < -0.39 is 0 Å². The second kappa shape index (κ2) is 5.54. The minimum Gasteiger partial charge on any atom is -0.381 e. The van der Waals surface area contributed by atoms with Crippen molar-refractivity contribution in [2.45, 2.75) is 26.3 Å². The molecular weight excluding hydrogens is 290 g/mol. The van der Waals surface area contributed by atoms with Gasteiger partial charge >= 0.3 is 0 Å². The Balaban J connectivity index is 2.51. The Morgan fingerprint density at radius 3 is 2.60 bits per heavy atom. The molecule has 1 aromatic heterocycles. The molecule has 0 aliphatic heterocycles. The highest BCUT2D eigenvalue weighted by Crippen LogP contribution is 2.30. The lowest BCUT2D eigenvalue weighted by atomic mass is 10.1. The van der Waals surface area contributed by atoms with Gasteiger partial charge in [0.15, 0.2) is 0 Å². The largest absolute Gasteiger partial charge is 0.381 e. The van der Waals surface area contributed by atoms with Crippen molar-refractivity contribution >= 4 is 28.8 Å². The van der Waals surface area contributed by atoms with Crippen LogP contribution in [0.25, 0.3) is 11.3 Å². The molecule has 0 atom stereocenters. The van der Waals surface area contributed by atoms with Gasteiger partial charge in [0, 0.05) is 18.8 Å². The predicted octanol–water partition coefficient (Wildman–Crippen LogP) is 3.79. The Bertz CT molecular complexity index is 646. The van der Waals surface area contributed by atoms with E-state index >= 15 is 0 Å². The quantitative estimate of drug-likeness (QED) is 0.875. The summed E-state index contributed by atoms with van der Waals surface area (Å²) in [5.41, 5.74) is 2.53. The molecule has 1 heterocycles. The van der Waals surface area contributed by atoms with Crippen molar-refractivity contribution < 1.29 is 0 Å². The minimum atomic E-state index is -0.381. The van der Waals surface area contributed by atoms with E-state index in [1.54, 1.807) is 0 Å². The zero-order valence-corrected chi connectivity index (χ0v) is 13.6. The lowest BCUT2D eigenvalue weighted by molar-refractivity contribution is 0.436. The number of aryl methyl sites for hydroxylation is 1. The number of hydrogen-bond acceptors (Lipinski definition) is 2. The van der Waals surface area contributed by atoms with Crippen LogP contribution in [0, 0.1) is 6.92 Å². The molecule has 0 unspecified atom stereocenters. The molecule has 0 radical (unpaired) electrons. The fourth-order valence-electron chi connectivity index (χ4n) is 2.08. The van der Waals surface area contributed by atoms with Crippen molar-refractivity contribution in [3.05, 3.63) is 41.0 Å². The normalized spacial score (nSPS) is 11.4. The first kappa shape index (κ1) is 15.0. The van der Waals surface area contributed by atoms with E-state index in [1.165, 1.54) is 0 Å². The molecule has 2 aromatic rings. The first-order valence-electron chi connectivity index (χ1n) is 6.41. The Morgan fingerprint density at radius 2 is 2.00 bits per heavy atom. The molecule has 0 aliphatic carbocycles. The number of benzene rings is 1. The van der Waals surface area contributed by atoms with Gasteiger partial charge in [-0.25, -0.2) is 0 Å². The summed E-state index contributed by atoms with van der Waals surface area (Å²) in [6.45, 7) is 6.10. The molecule has 0 saturated heterocycles. The highest BCUT2D eigenvalue weighted by atomic mass is 35.5. The summed E-state index contributed by atoms with van der Waals surface area (Å²) in [5.74, 6) is 0. The Hall–Kier alpha value is -1.39. The fraction of sp³-hybridized carbons (Fsp3) is 0.333. The van der Waals surface area contributed by atoms with E-state index in [-0.39, 0.29) is 5.54 Å². The van der Waals surface area contributed by atoms with Gasteiger partial charge in [-0.05, 0) is 32.4 Å². The van der Waals surface area contributed by atoms with Crippen LogP contribution in [0.1, 0.15) is 19.4 Å². The Morgan fingerprint density at radius 1 is 1.35 bits per heavy atom. The predicted molar refractivity (Wildman–Crippen MR) is 88.4 cm³/mol. The van der Waals surface area contributed by atoms with Crippen molar-refractivity contribution in [2.24, 2.45) is 0 Å². The maximum absolute atomic E-state index is 6.26. The van der Waals surface area contributed by atoms with Crippen LogP contribution in [-0.2, 0) is 5.54 Å². The third kappa shape index (κ3) is 2.58. The molecule has 0 saturated carbocycles. The minimum absolute atomic E-state index is 0.381. The molecule has 2 rings (SSSR count). The van der Waals surface area contributed by atoms with Crippen LogP contribution in [-0.4, -0.2) is 21.8 Å². The van der Waals surface area contributed by atoms with Gasteiger partial charge in [0.25, 0.3) is 0 Å². The number of halogens is 1. The highest BCUT2D eigenvalue weighted by molar-refractivity contribution is 7.80. The van der Waals surface area contributed by atoms with Gasteiger partial charge in [-0.1, -0.05) is 42.0 Å². The van der Waals surface area contributed by atoms with Crippen LogP contribution in [0.2, 0.25) is 5.02 Å². The van der Waals surface area contributed by atoms with E-state index in [4.69, 9.17) is 23.8 Å². The molecule has 1 aromatic carbocycles. The number of nitrogens with zero attached hydrogens (tertiary/aromatic N) is 2. The van der Waals surface area contributed by atoms with Gasteiger partial charge in [-0.15, -0.1) is 0 Å². The van der Waals surface area contributed by atoms with Crippen molar-refractivity contribution in [3.8, 4) is 11.3 Å². The van der Waals surface area contributed by atoms with E-state index in [0.717, 1.165) is 21.8 Å². The molecule has 0 aliphatic rings. The third-order valence-electron chi connectivity index (χ3n) is 3.38. The van der Waals surface area contributed by atoms with Crippen LogP contribution in [0.5, 0.6) is 0 Å². The summed E-state index contributed by atoms with van der Waals surface area (Å²) in [7, 11) is 1.83. The Labute approximate surface area is 129 Å². The van der Waals surface area contributed by atoms with E-state index in [1.807, 2.05) is 63.0 Å². The molecular formula is C15H18ClN3S. The lowest BCUT2D eigenvalue weighted by Crippen LogP contribution is -2.41. The summed E-state index contributed by atoms with van der Waals surface area (Å²) in [5, 5.41) is 8.42. The van der Waals surface area contributed by atoms with Gasteiger partial charge in [0.2, 0.25) is 0 Å². The summed E-state index contributed by atoms with van der Waals surface area (Å²) in [4.78, 5) is 0.741. The third-order valence-corrected chi connectivity index (χ3v) is 4.41.